The average molecular weight is 320 g/mol. The Morgan fingerprint density at radius 3 is 2.46 bits per heavy atom. The summed E-state index contributed by atoms with van der Waals surface area (Å²) >= 11 is 0. The molecule has 1 N–H and O–H groups in total. The molecule has 0 saturated heterocycles. The van der Waals surface area contributed by atoms with Gasteiger partial charge in [-0.1, -0.05) is 36.4 Å². The van der Waals surface area contributed by atoms with Gasteiger partial charge < -0.3 is 5.32 Å². The minimum absolute atomic E-state index is 0.175. The first-order valence-corrected chi connectivity index (χ1v) is 7.46. The fourth-order valence-electron chi connectivity index (χ4n) is 2.35. The van der Waals surface area contributed by atoms with Crippen molar-refractivity contribution >= 4 is 5.91 Å². The molecule has 0 aliphatic heterocycles. The van der Waals surface area contributed by atoms with Gasteiger partial charge in [0.05, 0.1) is 11.7 Å². The molecule has 1 atom stereocenters. The van der Waals surface area contributed by atoms with Gasteiger partial charge in [-0.15, -0.1) is 0 Å². The van der Waals surface area contributed by atoms with Crippen LogP contribution in [0.4, 0.5) is 0 Å². The lowest BCUT2D eigenvalue weighted by Crippen LogP contribution is -2.32. The predicted octanol–water partition coefficient (Wildman–Crippen LogP) is 1.69. The molecule has 0 aliphatic carbocycles. The summed E-state index contributed by atoms with van der Waals surface area (Å²) in [6.45, 7) is 0. The molecule has 0 radical (unpaired) electrons. The first-order chi connectivity index (χ1) is 11.6. The molecular weight excluding hydrogens is 304 g/mol. The van der Waals surface area contributed by atoms with Crippen LogP contribution >= 0.6 is 0 Å². The lowest BCUT2D eigenvalue weighted by molar-refractivity contribution is 0.0935. The van der Waals surface area contributed by atoms with Crippen molar-refractivity contribution in [1.29, 1.82) is 0 Å². The Balaban J connectivity index is 1.93. The van der Waals surface area contributed by atoms with Gasteiger partial charge in [0.1, 0.15) is 5.69 Å². The van der Waals surface area contributed by atoms with Crippen molar-refractivity contribution in [2.45, 2.75) is 6.04 Å². The number of rotatable bonds is 4. The third kappa shape index (κ3) is 3.38. The fourth-order valence-corrected chi connectivity index (χ4v) is 2.35. The maximum atomic E-state index is 12.5. The lowest BCUT2D eigenvalue weighted by atomic mass is 10.0. The van der Waals surface area contributed by atoms with E-state index >= 15 is 0 Å². The summed E-state index contributed by atoms with van der Waals surface area (Å²) in [7, 11) is 1.51. The summed E-state index contributed by atoms with van der Waals surface area (Å²) in [4.78, 5) is 28.3. The van der Waals surface area contributed by atoms with Crippen LogP contribution in [-0.4, -0.2) is 20.7 Å². The third-order valence-electron chi connectivity index (χ3n) is 3.58. The van der Waals surface area contributed by atoms with Gasteiger partial charge >= 0.3 is 0 Å². The van der Waals surface area contributed by atoms with Crippen LogP contribution in [0.2, 0.25) is 0 Å². The molecule has 120 valence electrons. The molecule has 0 aliphatic rings. The Morgan fingerprint density at radius 2 is 1.79 bits per heavy atom. The van der Waals surface area contributed by atoms with E-state index in [1.807, 2.05) is 48.5 Å². The number of carbonyl (C=O) groups excluding carboxylic acids is 1. The third-order valence-corrected chi connectivity index (χ3v) is 3.58. The van der Waals surface area contributed by atoms with Crippen molar-refractivity contribution in [1.82, 2.24) is 20.1 Å². The van der Waals surface area contributed by atoms with E-state index in [0.717, 1.165) is 15.9 Å². The van der Waals surface area contributed by atoms with Crippen LogP contribution in [-0.2, 0) is 7.05 Å². The second kappa shape index (κ2) is 6.87. The monoisotopic (exact) mass is 320 g/mol. The molecule has 3 rings (SSSR count). The Bertz CT molecular complexity index is 852. The zero-order valence-corrected chi connectivity index (χ0v) is 13.1. The highest BCUT2D eigenvalue weighted by Crippen LogP contribution is 2.20. The van der Waals surface area contributed by atoms with E-state index in [1.165, 1.54) is 19.2 Å². The van der Waals surface area contributed by atoms with Crippen molar-refractivity contribution in [2.24, 2.45) is 7.05 Å². The molecule has 0 fully saturated rings. The van der Waals surface area contributed by atoms with Gasteiger partial charge in [-0.3, -0.25) is 14.6 Å². The number of hydrogen-bond acceptors (Lipinski definition) is 4. The number of nitrogens with zero attached hydrogens (tertiary/aromatic N) is 3. The molecule has 0 saturated carbocycles. The molecule has 2 aromatic heterocycles. The summed E-state index contributed by atoms with van der Waals surface area (Å²) in [6, 6.07) is 17.4. The molecule has 6 nitrogen and oxygen atoms in total. The molecular formula is C18H16N4O2. The highest BCUT2D eigenvalue weighted by molar-refractivity contribution is 5.92. The minimum Gasteiger partial charge on any atom is -0.338 e. The first-order valence-electron chi connectivity index (χ1n) is 7.46. The number of nitrogens with one attached hydrogen (secondary N) is 1. The number of aromatic nitrogens is 3. The zero-order chi connectivity index (χ0) is 16.9. The molecule has 24 heavy (non-hydrogen) atoms. The van der Waals surface area contributed by atoms with Crippen LogP contribution in [0, 0.1) is 0 Å². The van der Waals surface area contributed by atoms with Crippen molar-refractivity contribution in [2.75, 3.05) is 0 Å². The van der Waals surface area contributed by atoms with Crippen LogP contribution in [0.25, 0.3) is 0 Å². The molecule has 0 bridgehead atoms. The minimum atomic E-state index is -0.404. The van der Waals surface area contributed by atoms with Crippen LogP contribution in [0.3, 0.4) is 0 Å². The Morgan fingerprint density at radius 1 is 1.04 bits per heavy atom. The highest BCUT2D eigenvalue weighted by Gasteiger charge is 2.19. The Kier molecular flexibility index (Phi) is 4.47. The lowest BCUT2D eigenvalue weighted by Gasteiger charge is -2.18. The van der Waals surface area contributed by atoms with Crippen LogP contribution in [0.1, 0.15) is 27.8 Å². The largest absolute Gasteiger partial charge is 0.338 e. The second-order valence-corrected chi connectivity index (χ2v) is 5.25. The van der Waals surface area contributed by atoms with Crippen molar-refractivity contribution in [3.05, 3.63) is 94.2 Å². The molecule has 1 aromatic carbocycles. The van der Waals surface area contributed by atoms with Gasteiger partial charge in [0.2, 0.25) is 0 Å². The van der Waals surface area contributed by atoms with E-state index in [1.54, 1.807) is 6.20 Å². The molecule has 0 spiro atoms. The maximum Gasteiger partial charge on any atom is 0.272 e. The summed E-state index contributed by atoms with van der Waals surface area (Å²) in [5, 5.41) is 6.92. The summed E-state index contributed by atoms with van der Waals surface area (Å²) < 4.78 is 1.13. The van der Waals surface area contributed by atoms with E-state index in [9.17, 15) is 9.59 Å². The van der Waals surface area contributed by atoms with E-state index in [2.05, 4.69) is 15.4 Å². The maximum absolute atomic E-state index is 12.5. The zero-order valence-electron chi connectivity index (χ0n) is 13.1. The molecule has 3 aromatic rings. The number of aryl methyl sites for hydroxylation is 1. The van der Waals surface area contributed by atoms with Gasteiger partial charge in [0, 0.05) is 19.3 Å². The van der Waals surface area contributed by atoms with Gasteiger partial charge in [-0.25, -0.2) is 4.68 Å². The standard InChI is InChI=1S/C18H16N4O2/c1-22-16(23)11-10-15(21-22)18(24)20-17(13-7-3-2-4-8-13)14-9-5-6-12-19-14/h2-12,17H,1H3,(H,20,24). The number of amides is 1. The fraction of sp³-hybridized carbons (Fsp3) is 0.111. The van der Waals surface area contributed by atoms with Crippen LogP contribution in [0.5, 0.6) is 0 Å². The highest BCUT2D eigenvalue weighted by atomic mass is 16.2. The quantitative estimate of drug-likeness (QED) is 0.794. The first kappa shape index (κ1) is 15.6. The summed E-state index contributed by atoms with van der Waals surface area (Å²) in [5.41, 5.74) is 1.54. The van der Waals surface area contributed by atoms with Crippen LogP contribution in [0.15, 0.2) is 71.7 Å². The van der Waals surface area contributed by atoms with Gasteiger partial charge in [-0.05, 0) is 23.8 Å². The second-order valence-electron chi connectivity index (χ2n) is 5.25. The number of benzene rings is 1. The predicted molar refractivity (Wildman–Crippen MR) is 89.5 cm³/mol. The summed E-state index contributed by atoms with van der Waals surface area (Å²) in [5.74, 6) is -0.370. The average Bonchev–Trinajstić information content (AvgIpc) is 2.63. The van der Waals surface area contributed by atoms with E-state index in [0.29, 0.717) is 0 Å². The number of carbonyl (C=O) groups is 1. The number of pyridine rings is 1. The van der Waals surface area contributed by atoms with Crippen molar-refractivity contribution < 1.29 is 4.79 Å². The summed E-state index contributed by atoms with van der Waals surface area (Å²) in [6.07, 6.45) is 1.68. The van der Waals surface area contributed by atoms with Crippen molar-refractivity contribution in [3.63, 3.8) is 0 Å². The molecule has 6 heteroatoms. The SMILES string of the molecule is Cn1nc(C(=O)NC(c2ccccc2)c2ccccn2)ccc1=O. The smallest absolute Gasteiger partial charge is 0.272 e. The molecule has 1 amide bonds. The Labute approximate surface area is 138 Å². The van der Waals surface area contributed by atoms with Gasteiger partial charge in [0.15, 0.2) is 0 Å². The van der Waals surface area contributed by atoms with E-state index < -0.39 is 6.04 Å². The van der Waals surface area contributed by atoms with E-state index in [4.69, 9.17) is 0 Å². The van der Waals surface area contributed by atoms with Crippen LogP contribution < -0.4 is 10.9 Å². The van der Waals surface area contributed by atoms with Crippen molar-refractivity contribution in [3.8, 4) is 0 Å². The molecule has 1 unspecified atom stereocenters. The normalized spacial score (nSPS) is 11.7. The Hall–Kier alpha value is -3.28. The van der Waals surface area contributed by atoms with Gasteiger partial charge in [-0.2, -0.15) is 5.10 Å². The topological polar surface area (TPSA) is 76.9 Å². The number of hydrogen-bond donors (Lipinski definition) is 1. The molecule has 2 heterocycles. The van der Waals surface area contributed by atoms with Gasteiger partial charge in [0.25, 0.3) is 11.5 Å². The van der Waals surface area contributed by atoms with E-state index in [-0.39, 0.29) is 17.2 Å².